The lowest BCUT2D eigenvalue weighted by Crippen LogP contribution is -2.52. The van der Waals surface area contributed by atoms with Gasteiger partial charge in [-0.2, -0.15) is 5.26 Å². The minimum absolute atomic E-state index is 0.0934. The molecule has 1 saturated carbocycles. The minimum atomic E-state index is -0.494. The maximum Gasteiger partial charge on any atom is 0.237 e. The molecule has 28 heavy (non-hydrogen) atoms. The van der Waals surface area contributed by atoms with Crippen LogP contribution in [0.15, 0.2) is 35.3 Å². The van der Waals surface area contributed by atoms with E-state index in [1.54, 1.807) is 13.2 Å². The number of nitriles is 1. The molecule has 1 aromatic rings. The zero-order chi connectivity index (χ0) is 20.6. The topological polar surface area (TPSA) is 115 Å². The third-order valence-electron chi connectivity index (χ3n) is 5.69. The van der Waals surface area contributed by atoms with Gasteiger partial charge in [-0.05, 0) is 37.2 Å². The summed E-state index contributed by atoms with van der Waals surface area (Å²) in [6.45, 7) is 4.49. The summed E-state index contributed by atoms with van der Waals surface area (Å²) in [4.78, 5) is 16.2. The molecule has 1 aliphatic carbocycles. The summed E-state index contributed by atoms with van der Waals surface area (Å²) >= 11 is 0. The Labute approximate surface area is 167 Å². The number of amides is 1. The van der Waals surface area contributed by atoms with Crippen molar-refractivity contribution < 1.29 is 4.79 Å². The minimum Gasteiger partial charge on any atom is -0.359 e. The van der Waals surface area contributed by atoms with Crippen molar-refractivity contribution in [1.29, 1.82) is 5.26 Å². The SMILES string of the molecule is CN/C(=N\C#N)N[C@H]1CC[C@](CNC(=O)[C@H](N)C(C)C)(c2ccccc2)CC1. The third kappa shape index (κ3) is 5.46. The average Bonchev–Trinajstić information content (AvgIpc) is 2.72. The lowest BCUT2D eigenvalue weighted by atomic mass is 9.68. The van der Waals surface area contributed by atoms with E-state index in [-0.39, 0.29) is 23.3 Å². The van der Waals surface area contributed by atoms with E-state index in [0.29, 0.717) is 12.5 Å². The van der Waals surface area contributed by atoms with E-state index < -0.39 is 6.04 Å². The van der Waals surface area contributed by atoms with Crippen LogP contribution in [0.4, 0.5) is 0 Å². The maximum atomic E-state index is 12.4. The smallest absolute Gasteiger partial charge is 0.237 e. The number of carbonyl (C=O) groups is 1. The van der Waals surface area contributed by atoms with Gasteiger partial charge in [-0.15, -0.1) is 4.99 Å². The highest BCUT2D eigenvalue weighted by atomic mass is 16.2. The zero-order valence-electron chi connectivity index (χ0n) is 17.0. The van der Waals surface area contributed by atoms with Crippen molar-refractivity contribution in [2.24, 2.45) is 16.6 Å². The van der Waals surface area contributed by atoms with Crippen LogP contribution >= 0.6 is 0 Å². The van der Waals surface area contributed by atoms with E-state index in [1.165, 1.54) is 5.56 Å². The second kappa shape index (κ2) is 10.1. The van der Waals surface area contributed by atoms with E-state index >= 15 is 0 Å². The number of nitrogens with two attached hydrogens (primary N) is 1. The van der Waals surface area contributed by atoms with Gasteiger partial charge in [0.2, 0.25) is 18.1 Å². The zero-order valence-corrected chi connectivity index (χ0v) is 17.0. The lowest BCUT2D eigenvalue weighted by molar-refractivity contribution is -0.123. The summed E-state index contributed by atoms with van der Waals surface area (Å²) in [7, 11) is 1.74. The fourth-order valence-electron chi connectivity index (χ4n) is 3.75. The largest absolute Gasteiger partial charge is 0.359 e. The van der Waals surface area contributed by atoms with Crippen LogP contribution in [0.3, 0.4) is 0 Å². The van der Waals surface area contributed by atoms with Gasteiger partial charge in [0, 0.05) is 25.0 Å². The van der Waals surface area contributed by atoms with Crippen molar-refractivity contribution in [2.45, 2.75) is 57.0 Å². The molecule has 0 aliphatic heterocycles. The Hall–Kier alpha value is -2.59. The number of rotatable bonds is 6. The van der Waals surface area contributed by atoms with Crippen molar-refractivity contribution in [2.75, 3.05) is 13.6 Å². The molecule has 1 amide bonds. The normalized spacial score (nSPS) is 23.6. The van der Waals surface area contributed by atoms with E-state index in [2.05, 4.69) is 33.1 Å². The second-order valence-corrected chi connectivity index (χ2v) is 7.86. The molecule has 0 spiro atoms. The van der Waals surface area contributed by atoms with Gasteiger partial charge < -0.3 is 21.7 Å². The molecule has 2 rings (SSSR count). The summed E-state index contributed by atoms with van der Waals surface area (Å²) in [5, 5.41) is 18.1. The second-order valence-electron chi connectivity index (χ2n) is 7.86. The molecule has 0 unspecified atom stereocenters. The molecule has 1 aromatic carbocycles. The Morgan fingerprint density at radius 2 is 1.96 bits per heavy atom. The number of hydrogen-bond acceptors (Lipinski definition) is 4. The van der Waals surface area contributed by atoms with Crippen LogP contribution < -0.4 is 21.7 Å². The van der Waals surface area contributed by atoms with Gasteiger partial charge in [-0.3, -0.25) is 4.79 Å². The molecule has 1 aliphatic rings. The number of benzene rings is 1. The predicted molar refractivity (Wildman–Crippen MR) is 111 cm³/mol. The van der Waals surface area contributed by atoms with Gasteiger partial charge in [-0.25, -0.2) is 0 Å². The summed E-state index contributed by atoms with van der Waals surface area (Å²) in [6, 6.07) is 10.1. The van der Waals surface area contributed by atoms with Gasteiger partial charge >= 0.3 is 0 Å². The molecule has 0 saturated heterocycles. The van der Waals surface area contributed by atoms with Crippen LogP contribution in [0.2, 0.25) is 0 Å². The van der Waals surface area contributed by atoms with E-state index in [0.717, 1.165) is 25.7 Å². The molecule has 0 heterocycles. The molecule has 152 valence electrons. The van der Waals surface area contributed by atoms with Crippen molar-refractivity contribution in [3.05, 3.63) is 35.9 Å². The Bertz CT molecular complexity index is 701. The molecule has 0 aromatic heterocycles. The monoisotopic (exact) mass is 384 g/mol. The fourth-order valence-corrected chi connectivity index (χ4v) is 3.75. The summed E-state index contributed by atoms with van der Waals surface area (Å²) < 4.78 is 0. The highest BCUT2D eigenvalue weighted by Gasteiger charge is 2.37. The molecule has 1 atom stereocenters. The highest BCUT2D eigenvalue weighted by molar-refractivity contribution is 5.82. The summed E-state index contributed by atoms with van der Waals surface area (Å²) in [5.41, 5.74) is 7.14. The number of nitrogens with one attached hydrogen (secondary N) is 3. The van der Waals surface area contributed by atoms with Crippen molar-refractivity contribution in [1.82, 2.24) is 16.0 Å². The van der Waals surface area contributed by atoms with Gasteiger partial charge in [-0.1, -0.05) is 44.2 Å². The first-order valence-electron chi connectivity index (χ1n) is 9.92. The average molecular weight is 385 g/mol. The van der Waals surface area contributed by atoms with E-state index in [4.69, 9.17) is 11.0 Å². The standard InChI is InChI=1S/C21H32N6O/c1-15(2)18(23)19(28)25-13-21(16-7-5-4-6-8-16)11-9-17(10-12-21)27-20(24-3)26-14-22/h4-8,15,17-18H,9-13,23H2,1-3H3,(H,25,28)(H2,24,26,27)/t17-,18-,21-/m1/s1. The first kappa shape index (κ1) is 21.7. The number of aliphatic imine (C=N–C) groups is 1. The van der Waals surface area contributed by atoms with Crippen LogP contribution in [-0.4, -0.2) is 37.5 Å². The molecular weight excluding hydrogens is 352 g/mol. The predicted octanol–water partition coefficient (Wildman–Crippen LogP) is 1.61. The van der Waals surface area contributed by atoms with E-state index in [1.807, 2.05) is 32.0 Å². The highest BCUT2D eigenvalue weighted by Crippen LogP contribution is 2.39. The van der Waals surface area contributed by atoms with E-state index in [9.17, 15) is 4.79 Å². The van der Waals surface area contributed by atoms with Gasteiger partial charge in [0.25, 0.3) is 0 Å². The van der Waals surface area contributed by atoms with Crippen LogP contribution in [-0.2, 0) is 10.2 Å². The number of hydrogen-bond donors (Lipinski definition) is 4. The Morgan fingerprint density at radius 1 is 1.32 bits per heavy atom. The molecule has 7 nitrogen and oxygen atoms in total. The maximum absolute atomic E-state index is 12.4. The molecule has 0 bridgehead atoms. The van der Waals surface area contributed by atoms with Crippen LogP contribution in [0.1, 0.15) is 45.1 Å². The molecule has 0 radical (unpaired) electrons. The third-order valence-corrected chi connectivity index (χ3v) is 5.69. The fraction of sp³-hybridized carbons (Fsp3) is 0.571. The number of carbonyl (C=O) groups excluding carboxylic acids is 1. The van der Waals surface area contributed by atoms with Crippen molar-refractivity contribution in [3.8, 4) is 6.19 Å². The van der Waals surface area contributed by atoms with Gasteiger partial charge in [0.15, 0.2) is 0 Å². The quantitative estimate of drug-likeness (QED) is 0.338. The van der Waals surface area contributed by atoms with Gasteiger partial charge in [0.05, 0.1) is 6.04 Å². The van der Waals surface area contributed by atoms with Crippen molar-refractivity contribution >= 4 is 11.9 Å². The Balaban J connectivity index is 2.10. The summed E-state index contributed by atoms with van der Waals surface area (Å²) in [6.07, 6.45) is 5.51. The first-order valence-corrected chi connectivity index (χ1v) is 9.92. The number of nitrogens with zero attached hydrogens (tertiary/aromatic N) is 2. The Morgan fingerprint density at radius 3 is 2.50 bits per heavy atom. The summed E-state index contributed by atoms with van der Waals surface area (Å²) in [5.74, 6) is 0.507. The lowest BCUT2D eigenvalue weighted by Gasteiger charge is -2.41. The van der Waals surface area contributed by atoms with Crippen LogP contribution in [0, 0.1) is 17.4 Å². The molecule has 7 heteroatoms. The van der Waals surface area contributed by atoms with Crippen LogP contribution in [0.5, 0.6) is 0 Å². The first-order chi connectivity index (χ1) is 13.4. The Kier molecular flexibility index (Phi) is 7.82. The van der Waals surface area contributed by atoms with Crippen LogP contribution in [0.25, 0.3) is 0 Å². The molecular formula is C21H32N6O. The van der Waals surface area contributed by atoms with Crippen molar-refractivity contribution in [3.63, 3.8) is 0 Å². The molecule has 5 N–H and O–H groups in total. The number of guanidine groups is 1. The molecule has 1 fully saturated rings. The van der Waals surface area contributed by atoms with Gasteiger partial charge in [0.1, 0.15) is 0 Å².